The molecule has 1 heterocycles. The fourth-order valence-electron chi connectivity index (χ4n) is 5.20. The number of benzene rings is 3. The summed E-state index contributed by atoms with van der Waals surface area (Å²) < 4.78 is 0. The van der Waals surface area contributed by atoms with E-state index < -0.39 is 23.8 Å². The highest BCUT2D eigenvalue weighted by Crippen LogP contribution is 2.38. The first kappa shape index (κ1) is 30.5. The molecule has 2 aliphatic rings. The lowest BCUT2D eigenvalue weighted by Crippen LogP contribution is -2.35. The van der Waals surface area contributed by atoms with Crippen LogP contribution in [-0.2, 0) is 23.2 Å². The first-order valence-electron chi connectivity index (χ1n) is 14.7. The van der Waals surface area contributed by atoms with E-state index in [1.54, 1.807) is 41.3 Å². The Labute approximate surface area is 255 Å². The molecule has 1 fully saturated rings. The van der Waals surface area contributed by atoms with Crippen molar-refractivity contribution in [3.8, 4) is 0 Å². The first-order valence-corrected chi connectivity index (χ1v) is 14.7. The molecule has 1 saturated carbocycles. The van der Waals surface area contributed by atoms with Gasteiger partial charge >= 0.3 is 12.0 Å². The Morgan fingerprint density at radius 1 is 0.932 bits per heavy atom. The van der Waals surface area contributed by atoms with Crippen molar-refractivity contribution in [2.45, 2.75) is 58.4 Å². The molecule has 0 saturated heterocycles. The second-order valence-electron chi connectivity index (χ2n) is 12.4. The summed E-state index contributed by atoms with van der Waals surface area (Å²) in [4.78, 5) is 63.8. The summed E-state index contributed by atoms with van der Waals surface area (Å²) in [7, 11) is 0. The van der Waals surface area contributed by atoms with E-state index in [1.165, 1.54) is 0 Å². The van der Waals surface area contributed by atoms with E-state index in [0.717, 1.165) is 24.0 Å². The number of nitrogens with zero attached hydrogens (tertiary/aromatic N) is 1. The zero-order chi connectivity index (χ0) is 31.6. The van der Waals surface area contributed by atoms with E-state index in [4.69, 9.17) is 5.11 Å². The molecule has 3 aromatic carbocycles. The van der Waals surface area contributed by atoms with Crippen molar-refractivity contribution >= 4 is 41.1 Å². The van der Waals surface area contributed by atoms with Crippen LogP contribution < -0.4 is 20.9 Å². The third kappa shape index (κ3) is 6.96. The summed E-state index contributed by atoms with van der Waals surface area (Å²) >= 11 is 0. The average Bonchev–Trinajstić information content (AvgIpc) is 3.75. The highest BCUT2D eigenvalue weighted by molar-refractivity contribution is 6.23. The molecule has 5 rings (SSSR count). The number of carbonyl (C=O) groups is 5. The van der Waals surface area contributed by atoms with Gasteiger partial charge in [-0.05, 0) is 83.7 Å². The summed E-state index contributed by atoms with van der Waals surface area (Å²) in [6.45, 7) is 6.55. The third-order valence-corrected chi connectivity index (χ3v) is 7.91. The molecule has 0 unspecified atom stereocenters. The van der Waals surface area contributed by atoms with Crippen LogP contribution in [0.3, 0.4) is 0 Å². The number of rotatable bonds is 10. The Bertz CT molecular complexity index is 1620. The molecule has 0 atom stereocenters. The minimum Gasteiger partial charge on any atom is -0.481 e. The van der Waals surface area contributed by atoms with Crippen molar-refractivity contribution in [2.75, 3.05) is 16.8 Å². The van der Waals surface area contributed by atoms with Gasteiger partial charge in [0, 0.05) is 23.5 Å². The number of nitrogens with one attached hydrogen (secondary N) is 3. The molecular formula is C34H36N4O6. The Hall–Kier alpha value is -4.99. The molecule has 0 bridgehead atoms. The average molecular weight is 597 g/mol. The second-order valence-corrected chi connectivity index (χ2v) is 12.4. The van der Waals surface area contributed by atoms with E-state index >= 15 is 0 Å². The zero-order valence-electron chi connectivity index (χ0n) is 25.0. The number of carbonyl (C=O) groups excluding carboxylic acids is 4. The molecule has 44 heavy (non-hydrogen) atoms. The number of fused-ring (bicyclic) bond motifs is 1. The van der Waals surface area contributed by atoms with E-state index in [-0.39, 0.29) is 30.8 Å². The summed E-state index contributed by atoms with van der Waals surface area (Å²) in [5.74, 6) is -1.85. The fourth-order valence-corrected chi connectivity index (χ4v) is 5.20. The lowest BCUT2D eigenvalue weighted by Gasteiger charge is -2.26. The number of carboxylic acids is 1. The summed E-state index contributed by atoms with van der Waals surface area (Å²) in [5, 5.41) is 16.8. The van der Waals surface area contributed by atoms with Crippen molar-refractivity contribution in [3.63, 3.8) is 0 Å². The Balaban J connectivity index is 1.42. The summed E-state index contributed by atoms with van der Waals surface area (Å²) in [6, 6.07) is 17.4. The van der Waals surface area contributed by atoms with Gasteiger partial charge in [-0.2, -0.15) is 0 Å². The summed E-state index contributed by atoms with van der Waals surface area (Å²) in [5.41, 5.74) is 4.65. The van der Waals surface area contributed by atoms with Crippen LogP contribution in [0.1, 0.15) is 87.8 Å². The molecule has 0 spiro atoms. The molecule has 0 radical (unpaired) electrons. The van der Waals surface area contributed by atoms with Crippen LogP contribution in [0.2, 0.25) is 0 Å². The van der Waals surface area contributed by atoms with Crippen LogP contribution in [-0.4, -0.2) is 41.4 Å². The second kappa shape index (κ2) is 12.3. The highest BCUT2D eigenvalue weighted by atomic mass is 16.4. The van der Waals surface area contributed by atoms with Crippen molar-refractivity contribution in [2.24, 2.45) is 5.92 Å². The number of hydrogen-bond donors (Lipinski definition) is 4. The molecule has 3 aromatic rings. The Morgan fingerprint density at radius 2 is 1.61 bits per heavy atom. The van der Waals surface area contributed by atoms with E-state index in [0.29, 0.717) is 46.0 Å². The van der Waals surface area contributed by atoms with Crippen LogP contribution in [0.15, 0.2) is 60.7 Å². The summed E-state index contributed by atoms with van der Waals surface area (Å²) in [6.07, 6.45) is 2.49. The molecule has 5 amide bonds. The standard InChI is InChI=1S/C34H36N4O6/c1-34(2,3)23-10-12-24(13-11-23)38(19-21-6-8-22(9-7-21)30(41)35-17-16-28(39)40)33(44)36-27-15-14-25-29(32(43)37-31(25)42)26(27)18-20-4-5-20/h6-15,20H,4-5,16-19H2,1-3H3,(H,35,41)(H,36,44)(H,39,40)(H,37,42,43). The van der Waals surface area contributed by atoms with Crippen LogP contribution in [0.4, 0.5) is 16.2 Å². The van der Waals surface area contributed by atoms with Gasteiger partial charge in [-0.25, -0.2) is 4.79 Å². The largest absolute Gasteiger partial charge is 0.481 e. The number of anilines is 2. The van der Waals surface area contributed by atoms with E-state index in [1.807, 2.05) is 24.3 Å². The number of urea groups is 1. The van der Waals surface area contributed by atoms with Crippen molar-refractivity contribution < 1.29 is 29.1 Å². The SMILES string of the molecule is CC(C)(C)c1ccc(N(Cc2ccc(C(=O)NCCC(=O)O)cc2)C(=O)Nc2ccc3c(c2CC2CC2)C(=O)NC3=O)cc1. The molecule has 1 aliphatic carbocycles. The van der Waals surface area contributed by atoms with Gasteiger partial charge in [0.05, 0.1) is 24.1 Å². The van der Waals surface area contributed by atoms with E-state index in [2.05, 4.69) is 36.7 Å². The predicted octanol–water partition coefficient (Wildman–Crippen LogP) is 5.26. The molecule has 10 heteroatoms. The van der Waals surface area contributed by atoms with Crippen molar-refractivity contribution in [1.82, 2.24) is 10.6 Å². The third-order valence-electron chi connectivity index (χ3n) is 7.91. The van der Waals surface area contributed by atoms with Gasteiger partial charge in [0.2, 0.25) is 0 Å². The number of carboxylic acid groups (broad SMARTS) is 1. The maximum Gasteiger partial charge on any atom is 0.326 e. The van der Waals surface area contributed by atoms with Gasteiger partial charge in [0.25, 0.3) is 17.7 Å². The van der Waals surface area contributed by atoms with Gasteiger partial charge in [0.1, 0.15) is 0 Å². The van der Waals surface area contributed by atoms with E-state index in [9.17, 15) is 24.0 Å². The van der Waals surface area contributed by atoms with Gasteiger partial charge in [0.15, 0.2) is 0 Å². The number of amides is 5. The maximum absolute atomic E-state index is 14.0. The van der Waals surface area contributed by atoms with Crippen LogP contribution in [0, 0.1) is 5.92 Å². The monoisotopic (exact) mass is 596 g/mol. The maximum atomic E-state index is 14.0. The highest BCUT2D eigenvalue weighted by Gasteiger charge is 2.34. The van der Waals surface area contributed by atoms with Crippen LogP contribution in [0.5, 0.6) is 0 Å². The molecular weight excluding hydrogens is 560 g/mol. The number of hydrogen-bond acceptors (Lipinski definition) is 5. The van der Waals surface area contributed by atoms with Gasteiger partial charge < -0.3 is 15.7 Å². The minimum absolute atomic E-state index is 0.0235. The lowest BCUT2D eigenvalue weighted by atomic mass is 9.87. The Morgan fingerprint density at radius 3 is 2.23 bits per heavy atom. The molecule has 10 nitrogen and oxygen atoms in total. The first-order chi connectivity index (χ1) is 20.9. The quantitative estimate of drug-likeness (QED) is 0.235. The predicted molar refractivity (Wildman–Crippen MR) is 166 cm³/mol. The fraction of sp³-hybridized carbons (Fsp3) is 0.324. The normalized spacial score (nSPS) is 14.1. The van der Waals surface area contributed by atoms with Crippen molar-refractivity contribution in [1.29, 1.82) is 0 Å². The van der Waals surface area contributed by atoms with Gasteiger partial charge in [-0.1, -0.05) is 45.0 Å². The molecule has 228 valence electrons. The number of imide groups is 1. The molecule has 1 aliphatic heterocycles. The topological polar surface area (TPSA) is 145 Å². The van der Waals surface area contributed by atoms with Crippen LogP contribution >= 0.6 is 0 Å². The lowest BCUT2D eigenvalue weighted by molar-refractivity contribution is -0.136. The van der Waals surface area contributed by atoms with Gasteiger partial charge in [-0.15, -0.1) is 0 Å². The van der Waals surface area contributed by atoms with Gasteiger partial charge in [-0.3, -0.25) is 29.4 Å². The minimum atomic E-state index is -0.995. The number of aliphatic carboxylic acids is 1. The zero-order valence-corrected chi connectivity index (χ0v) is 25.0. The molecule has 4 N–H and O–H groups in total. The van der Waals surface area contributed by atoms with Crippen molar-refractivity contribution in [3.05, 3.63) is 94.0 Å². The molecule has 0 aromatic heterocycles. The Kier molecular flexibility index (Phi) is 8.53. The van der Waals surface area contributed by atoms with Crippen LogP contribution in [0.25, 0.3) is 0 Å². The smallest absolute Gasteiger partial charge is 0.326 e.